The third-order valence-corrected chi connectivity index (χ3v) is 3.54. The molecule has 1 rings (SSSR count). The Bertz CT molecular complexity index is 642. The van der Waals surface area contributed by atoms with Gasteiger partial charge in [0.1, 0.15) is 12.2 Å². The van der Waals surface area contributed by atoms with E-state index in [1.165, 1.54) is 0 Å². The fourth-order valence-electron chi connectivity index (χ4n) is 2.23. The number of carbonyl (C=O) groups excluding carboxylic acids is 2. The van der Waals surface area contributed by atoms with Crippen molar-refractivity contribution in [2.24, 2.45) is 0 Å². The van der Waals surface area contributed by atoms with Crippen molar-refractivity contribution in [2.45, 2.75) is 46.0 Å². The van der Waals surface area contributed by atoms with Gasteiger partial charge in [0.15, 0.2) is 6.61 Å². The van der Waals surface area contributed by atoms with Crippen molar-refractivity contribution in [1.29, 1.82) is 5.26 Å². The Kier molecular flexibility index (Phi) is 7.93. The van der Waals surface area contributed by atoms with E-state index >= 15 is 0 Å². The minimum absolute atomic E-state index is 0.0487. The summed E-state index contributed by atoms with van der Waals surface area (Å²) in [5.41, 5.74) is 2.15. The van der Waals surface area contributed by atoms with Crippen molar-refractivity contribution in [3.8, 4) is 11.8 Å². The number of nitrogens with zero attached hydrogens (tertiary/aromatic N) is 1. The van der Waals surface area contributed by atoms with Crippen molar-refractivity contribution in [1.82, 2.24) is 10.6 Å². The highest BCUT2D eigenvalue weighted by atomic mass is 16.5. The number of hydrogen-bond donors (Lipinski definition) is 2. The molecule has 2 N–H and O–H groups in total. The minimum atomic E-state index is -0.300. The van der Waals surface area contributed by atoms with Crippen LogP contribution < -0.4 is 15.4 Å². The van der Waals surface area contributed by atoms with Crippen molar-refractivity contribution in [2.75, 3.05) is 19.7 Å². The number of nitriles is 1. The molecule has 6 heteroatoms. The largest absolute Gasteiger partial charge is 0.483 e. The predicted molar refractivity (Wildman–Crippen MR) is 96.2 cm³/mol. The van der Waals surface area contributed by atoms with E-state index in [4.69, 9.17) is 10.00 Å². The molecule has 6 nitrogen and oxygen atoms in total. The van der Waals surface area contributed by atoms with Crippen molar-refractivity contribution >= 4 is 11.8 Å². The van der Waals surface area contributed by atoms with Crippen molar-refractivity contribution < 1.29 is 14.3 Å². The molecule has 1 aromatic carbocycles. The zero-order valence-electron chi connectivity index (χ0n) is 15.4. The van der Waals surface area contributed by atoms with Crippen LogP contribution in [0.25, 0.3) is 0 Å². The zero-order valence-corrected chi connectivity index (χ0v) is 15.4. The van der Waals surface area contributed by atoms with Crippen LogP contribution >= 0.6 is 0 Å². The van der Waals surface area contributed by atoms with Gasteiger partial charge in [-0.1, -0.05) is 38.5 Å². The fourth-order valence-corrected chi connectivity index (χ4v) is 2.23. The number of benzene rings is 1. The third kappa shape index (κ3) is 7.71. The van der Waals surface area contributed by atoms with Gasteiger partial charge in [-0.2, -0.15) is 5.26 Å². The molecule has 0 unspecified atom stereocenters. The van der Waals surface area contributed by atoms with E-state index in [-0.39, 0.29) is 30.3 Å². The van der Waals surface area contributed by atoms with Gasteiger partial charge in [-0.05, 0) is 30.4 Å². The number of aryl methyl sites for hydroxylation is 1. The summed E-state index contributed by atoms with van der Waals surface area (Å²) < 4.78 is 5.69. The second kappa shape index (κ2) is 9.67. The molecule has 0 saturated heterocycles. The van der Waals surface area contributed by atoms with Crippen LogP contribution in [-0.2, 0) is 15.0 Å². The van der Waals surface area contributed by atoms with Crippen LogP contribution in [0.5, 0.6) is 5.75 Å². The highest BCUT2D eigenvalue weighted by Gasteiger charge is 2.19. The molecule has 0 bridgehead atoms. The molecule has 0 atom stereocenters. The highest BCUT2D eigenvalue weighted by molar-refractivity contribution is 5.78. The zero-order chi connectivity index (χ0) is 18.9. The first-order chi connectivity index (χ1) is 11.7. The highest BCUT2D eigenvalue weighted by Crippen LogP contribution is 2.32. The van der Waals surface area contributed by atoms with Crippen LogP contribution in [0, 0.1) is 18.3 Å². The molecule has 0 aliphatic carbocycles. The Morgan fingerprint density at radius 3 is 2.40 bits per heavy atom. The lowest BCUT2D eigenvalue weighted by molar-refractivity contribution is -0.123. The Balaban J connectivity index is 2.38. The van der Waals surface area contributed by atoms with Crippen LogP contribution in [0.3, 0.4) is 0 Å². The molecule has 0 aromatic heterocycles. The first-order valence-corrected chi connectivity index (χ1v) is 8.38. The number of ether oxygens (including phenoxy) is 1. The molecule has 0 fully saturated rings. The molecule has 1 aromatic rings. The summed E-state index contributed by atoms with van der Waals surface area (Å²) in [7, 11) is 0. The van der Waals surface area contributed by atoms with Crippen LogP contribution in [0.15, 0.2) is 18.2 Å². The van der Waals surface area contributed by atoms with Gasteiger partial charge < -0.3 is 15.4 Å². The summed E-state index contributed by atoms with van der Waals surface area (Å²) in [6.07, 6.45) is 0.452. The maximum atomic E-state index is 11.9. The van der Waals surface area contributed by atoms with Gasteiger partial charge in [-0.3, -0.25) is 9.59 Å². The van der Waals surface area contributed by atoms with E-state index in [0.29, 0.717) is 19.5 Å². The van der Waals surface area contributed by atoms with Gasteiger partial charge in [-0.15, -0.1) is 0 Å². The van der Waals surface area contributed by atoms with Crippen LogP contribution in [-0.4, -0.2) is 31.5 Å². The molecular formula is C19H27N3O3. The average molecular weight is 345 g/mol. The van der Waals surface area contributed by atoms with E-state index in [9.17, 15) is 9.59 Å². The molecule has 0 spiro atoms. The number of carbonyl (C=O) groups is 2. The summed E-state index contributed by atoms with van der Waals surface area (Å²) in [6.45, 7) is 9.16. The second-order valence-electron chi connectivity index (χ2n) is 6.93. The first kappa shape index (κ1) is 20.5. The van der Waals surface area contributed by atoms with E-state index in [2.05, 4.69) is 37.5 Å². The van der Waals surface area contributed by atoms with E-state index in [0.717, 1.165) is 16.9 Å². The predicted octanol–water partition coefficient (Wildman–Crippen LogP) is 2.21. The Morgan fingerprint density at radius 2 is 1.80 bits per heavy atom. The summed E-state index contributed by atoms with van der Waals surface area (Å²) in [5, 5.41) is 13.7. The summed E-state index contributed by atoms with van der Waals surface area (Å²) >= 11 is 0. The molecule has 0 aliphatic rings. The molecule has 0 saturated carbocycles. The minimum Gasteiger partial charge on any atom is -0.483 e. The molecule has 136 valence electrons. The monoisotopic (exact) mass is 345 g/mol. The van der Waals surface area contributed by atoms with Crippen molar-refractivity contribution in [3.63, 3.8) is 0 Å². The number of amides is 2. The summed E-state index contributed by atoms with van der Waals surface area (Å²) in [6, 6.07) is 7.72. The fraction of sp³-hybridized carbons (Fsp3) is 0.526. The summed E-state index contributed by atoms with van der Waals surface area (Å²) in [4.78, 5) is 23.0. The topological polar surface area (TPSA) is 91.2 Å². The van der Waals surface area contributed by atoms with E-state index in [1.807, 2.05) is 19.1 Å². The van der Waals surface area contributed by atoms with Gasteiger partial charge in [0, 0.05) is 13.1 Å². The molecule has 0 aliphatic heterocycles. The lowest BCUT2D eigenvalue weighted by Gasteiger charge is -2.23. The molecule has 2 amide bonds. The molecule has 0 radical (unpaired) electrons. The lowest BCUT2D eigenvalue weighted by Crippen LogP contribution is -2.32. The van der Waals surface area contributed by atoms with Gasteiger partial charge >= 0.3 is 0 Å². The Hall–Kier alpha value is -2.55. The molecular weight excluding hydrogens is 318 g/mol. The Morgan fingerprint density at radius 1 is 1.16 bits per heavy atom. The maximum Gasteiger partial charge on any atom is 0.257 e. The van der Waals surface area contributed by atoms with Crippen LogP contribution in [0.4, 0.5) is 0 Å². The molecule has 25 heavy (non-hydrogen) atoms. The van der Waals surface area contributed by atoms with Gasteiger partial charge in [0.2, 0.25) is 5.91 Å². The lowest BCUT2D eigenvalue weighted by atomic mass is 9.85. The average Bonchev–Trinajstić information content (AvgIpc) is 2.52. The molecule has 0 heterocycles. The quantitative estimate of drug-likeness (QED) is 0.707. The Labute approximate surface area is 149 Å². The smallest absolute Gasteiger partial charge is 0.257 e. The standard InChI is InChI=1S/C19H27N3O3/c1-14-6-7-16(15(12-14)19(2,3)4)25-13-18(24)22-11-5-10-21-17(23)8-9-20/h6-7,12H,5,8,10-11,13H2,1-4H3,(H,21,23)(H,22,24). The van der Waals surface area contributed by atoms with Gasteiger partial charge in [0.25, 0.3) is 5.91 Å². The van der Waals surface area contributed by atoms with E-state index in [1.54, 1.807) is 6.07 Å². The van der Waals surface area contributed by atoms with Crippen LogP contribution in [0.2, 0.25) is 0 Å². The normalized spacial score (nSPS) is 10.7. The number of rotatable bonds is 8. The first-order valence-electron chi connectivity index (χ1n) is 8.38. The SMILES string of the molecule is Cc1ccc(OCC(=O)NCCCNC(=O)CC#N)c(C(C)(C)C)c1. The third-order valence-electron chi connectivity index (χ3n) is 3.54. The maximum absolute atomic E-state index is 11.9. The van der Waals surface area contributed by atoms with Crippen molar-refractivity contribution in [3.05, 3.63) is 29.3 Å². The second-order valence-corrected chi connectivity index (χ2v) is 6.93. The number of nitrogens with one attached hydrogen (secondary N) is 2. The van der Waals surface area contributed by atoms with Crippen LogP contribution in [0.1, 0.15) is 44.7 Å². The summed E-state index contributed by atoms with van der Waals surface area (Å²) in [5.74, 6) is 0.215. The number of hydrogen-bond acceptors (Lipinski definition) is 4. The van der Waals surface area contributed by atoms with Gasteiger partial charge in [0.05, 0.1) is 6.07 Å². The van der Waals surface area contributed by atoms with Gasteiger partial charge in [-0.25, -0.2) is 0 Å². The van der Waals surface area contributed by atoms with E-state index < -0.39 is 0 Å².